The minimum absolute atomic E-state index is 0.184. The zero-order valence-corrected chi connectivity index (χ0v) is 29.7. The maximum atomic E-state index is 12.6. The largest absolute Gasteiger partial charge is 0.358 e. The molecule has 0 aliphatic heterocycles. The highest BCUT2D eigenvalue weighted by molar-refractivity contribution is 5.74. The van der Waals surface area contributed by atoms with Crippen molar-refractivity contribution in [3.63, 3.8) is 0 Å². The zero-order valence-electron chi connectivity index (χ0n) is 29.7. The molecule has 0 aliphatic rings. The maximum Gasteiger partial charge on any atom is 0.358 e. The van der Waals surface area contributed by atoms with Crippen molar-refractivity contribution < 1.29 is 19.4 Å². The molecule has 0 spiro atoms. The Balaban J connectivity index is 3.63. The van der Waals surface area contributed by atoms with Crippen LogP contribution in [0.15, 0.2) is 0 Å². The quantitative estimate of drug-likeness (QED) is 0.0422. The van der Waals surface area contributed by atoms with Crippen LogP contribution >= 0.6 is 0 Å². The maximum absolute atomic E-state index is 12.6. The van der Waals surface area contributed by atoms with E-state index in [4.69, 9.17) is 9.78 Å². The summed E-state index contributed by atoms with van der Waals surface area (Å²) in [7, 11) is 0. The van der Waals surface area contributed by atoms with E-state index in [1.54, 1.807) is 0 Å². The molecular formula is C39H76O4. The average molecular weight is 609 g/mol. The second-order valence-electron chi connectivity index (χ2n) is 13.8. The number of rotatable bonds is 33. The lowest BCUT2D eigenvalue weighted by Crippen LogP contribution is -2.24. The highest BCUT2D eigenvalue weighted by Gasteiger charge is 2.25. The van der Waals surface area contributed by atoms with Gasteiger partial charge in [-0.3, -0.25) is 0 Å². The van der Waals surface area contributed by atoms with Gasteiger partial charge in [-0.1, -0.05) is 207 Å². The molecule has 4 heteroatoms. The third-order valence-corrected chi connectivity index (χ3v) is 9.18. The van der Waals surface area contributed by atoms with Gasteiger partial charge in [0, 0.05) is 0 Å². The van der Waals surface area contributed by atoms with E-state index in [-0.39, 0.29) is 17.8 Å². The lowest BCUT2D eigenvalue weighted by Gasteiger charge is -2.17. The number of unbranched alkanes of at least 4 members (excludes halogenated alkanes) is 27. The van der Waals surface area contributed by atoms with Gasteiger partial charge < -0.3 is 0 Å². The van der Waals surface area contributed by atoms with Crippen LogP contribution in [0, 0.1) is 11.8 Å². The van der Waals surface area contributed by atoms with Gasteiger partial charge in [-0.2, -0.15) is 0 Å². The molecule has 0 N–H and O–H groups in total. The summed E-state index contributed by atoms with van der Waals surface area (Å²) < 4.78 is 0. The fourth-order valence-corrected chi connectivity index (χ4v) is 6.11. The molecular weight excluding hydrogens is 532 g/mol. The molecule has 0 radical (unpaired) electrons. The van der Waals surface area contributed by atoms with Crippen LogP contribution in [0.5, 0.6) is 0 Å². The molecule has 256 valence electrons. The molecule has 0 heterocycles. The first-order valence-corrected chi connectivity index (χ1v) is 19.4. The molecule has 0 aromatic rings. The molecule has 0 aromatic heterocycles. The minimum atomic E-state index is -0.415. The molecule has 0 bridgehead atoms. The van der Waals surface area contributed by atoms with Crippen molar-refractivity contribution in [2.75, 3.05) is 0 Å². The first-order chi connectivity index (χ1) is 21.0. The van der Waals surface area contributed by atoms with Gasteiger partial charge >= 0.3 is 11.9 Å². The Labute approximate surface area is 269 Å². The molecule has 4 nitrogen and oxygen atoms in total. The SMILES string of the molecule is CCCCCCCCCCCCCCCCCC(=O)OOC(=O)C(CCCCCCCCCCCCCCCC)C(C)C. The number of carbonyl (C=O) groups excluding carboxylic acids is 2. The summed E-state index contributed by atoms with van der Waals surface area (Å²) in [6.45, 7) is 8.65. The molecule has 43 heavy (non-hydrogen) atoms. The van der Waals surface area contributed by atoms with E-state index in [0.29, 0.717) is 6.42 Å². The summed E-state index contributed by atoms with van der Waals surface area (Å²) in [5, 5.41) is 0. The van der Waals surface area contributed by atoms with Crippen molar-refractivity contribution in [3.8, 4) is 0 Å². The van der Waals surface area contributed by atoms with Crippen LogP contribution in [-0.2, 0) is 19.4 Å². The monoisotopic (exact) mass is 609 g/mol. The third-order valence-electron chi connectivity index (χ3n) is 9.18. The highest BCUT2D eigenvalue weighted by atomic mass is 17.2. The normalized spacial score (nSPS) is 12.1. The van der Waals surface area contributed by atoms with Crippen molar-refractivity contribution in [3.05, 3.63) is 0 Å². The van der Waals surface area contributed by atoms with Crippen molar-refractivity contribution >= 4 is 11.9 Å². The molecule has 0 amide bonds. The van der Waals surface area contributed by atoms with Gasteiger partial charge in [-0.15, -0.1) is 0 Å². The molecule has 0 rings (SSSR count). The minimum Gasteiger partial charge on any atom is -0.247 e. The van der Waals surface area contributed by atoms with E-state index in [0.717, 1.165) is 32.1 Å². The second-order valence-corrected chi connectivity index (χ2v) is 13.8. The van der Waals surface area contributed by atoms with Crippen LogP contribution in [0.1, 0.15) is 227 Å². The highest BCUT2D eigenvalue weighted by Crippen LogP contribution is 2.22. The van der Waals surface area contributed by atoms with E-state index in [1.807, 2.05) is 13.8 Å². The summed E-state index contributed by atoms with van der Waals surface area (Å²) in [6, 6.07) is 0. The van der Waals surface area contributed by atoms with E-state index in [1.165, 1.54) is 161 Å². The van der Waals surface area contributed by atoms with Crippen LogP contribution in [0.2, 0.25) is 0 Å². The molecule has 0 saturated heterocycles. The van der Waals surface area contributed by atoms with Crippen LogP contribution in [-0.4, -0.2) is 11.9 Å². The number of carbonyl (C=O) groups is 2. The Morgan fingerprint density at radius 1 is 0.419 bits per heavy atom. The van der Waals surface area contributed by atoms with Crippen LogP contribution < -0.4 is 0 Å². The van der Waals surface area contributed by atoms with Gasteiger partial charge in [-0.05, 0) is 18.8 Å². The molecule has 0 aliphatic carbocycles. The van der Waals surface area contributed by atoms with Gasteiger partial charge in [0.1, 0.15) is 0 Å². The molecule has 0 aromatic carbocycles. The summed E-state index contributed by atoms with van der Waals surface area (Å²) in [4.78, 5) is 34.5. The fourth-order valence-electron chi connectivity index (χ4n) is 6.11. The molecule has 0 saturated carbocycles. The van der Waals surface area contributed by atoms with Crippen LogP contribution in [0.3, 0.4) is 0 Å². The second kappa shape index (κ2) is 33.8. The molecule has 1 atom stereocenters. The van der Waals surface area contributed by atoms with Crippen LogP contribution in [0.25, 0.3) is 0 Å². The van der Waals surface area contributed by atoms with Crippen molar-refractivity contribution in [2.24, 2.45) is 11.8 Å². The molecule has 1 unspecified atom stereocenters. The topological polar surface area (TPSA) is 52.6 Å². The standard InChI is InChI=1S/C39H76O4/c1-5-7-9-11-13-15-17-19-21-23-25-27-29-31-33-35-38(40)42-43-39(41)37(36(3)4)34-32-30-28-26-24-22-20-18-16-14-12-10-8-6-2/h36-37H,5-35H2,1-4H3. The van der Waals surface area contributed by atoms with Gasteiger partial charge in [0.05, 0.1) is 12.3 Å². The average Bonchev–Trinajstić information content (AvgIpc) is 2.99. The van der Waals surface area contributed by atoms with Crippen molar-refractivity contribution in [2.45, 2.75) is 227 Å². The van der Waals surface area contributed by atoms with Gasteiger partial charge in [0.25, 0.3) is 0 Å². The summed E-state index contributed by atoms with van der Waals surface area (Å²) in [5.74, 6) is -0.809. The zero-order chi connectivity index (χ0) is 31.6. The number of hydrogen-bond donors (Lipinski definition) is 0. The van der Waals surface area contributed by atoms with Gasteiger partial charge in [0.15, 0.2) is 0 Å². The van der Waals surface area contributed by atoms with E-state index in [9.17, 15) is 9.59 Å². The van der Waals surface area contributed by atoms with Crippen molar-refractivity contribution in [1.82, 2.24) is 0 Å². The van der Waals surface area contributed by atoms with E-state index in [2.05, 4.69) is 13.8 Å². The van der Waals surface area contributed by atoms with E-state index < -0.39 is 5.97 Å². The Kier molecular flexibility index (Phi) is 33.0. The number of hydrogen-bond acceptors (Lipinski definition) is 4. The Morgan fingerprint density at radius 3 is 1.05 bits per heavy atom. The predicted octanol–water partition coefficient (Wildman–Crippen LogP) is 13.4. The van der Waals surface area contributed by atoms with Gasteiger partial charge in [0.2, 0.25) is 0 Å². The summed E-state index contributed by atoms with van der Waals surface area (Å²) in [6.07, 6.45) is 39.1. The van der Waals surface area contributed by atoms with Crippen LogP contribution in [0.4, 0.5) is 0 Å². The Morgan fingerprint density at radius 2 is 0.721 bits per heavy atom. The lowest BCUT2D eigenvalue weighted by atomic mass is 9.90. The smallest absolute Gasteiger partial charge is 0.247 e. The fraction of sp³-hybridized carbons (Fsp3) is 0.949. The van der Waals surface area contributed by atoms with Gasteiger partial charge in [-0.25, -0.2) is 19.4 Å². The first-order valence-electron chi connectivity index (χ1n) is 19.4. The molecule has 0 fully saturated rings. The van der Waals surface area contributed by atoms with E-state index >= 15 is 0 Å². The van der Waals surface area contributed by atoms with Crippen molar-refractivity contribution in [1.29, 1.82) is 0 Å². The first kappa shape index (κ1) is 41.9. The third kappa shape index (κ3) is 30.7. The predicted molar refractivity (Wildman–Crippen MR) is 185 cm³/mol. The lowest BCUT2D eigenvalue weighted by molar-refractivity contribution is -0.263. The summed E-state index contributed by atoms with van der Waals surface area (Å²) >= 11 is 0. The Bertz CT molecular complexity index is 588. The summed E-state index contributed by atoms with van der Waals surface area (Å²) in [5.41, 5.74) is 0. The Hall–Kier alpha value is -1.06.